The van der Waals surface area contributed by atoms with E-state index in [9.17, 15) is 13.2 Å². The van der Waals surface area contributed by atoms with Gasteiger partial charge >= 0.3 is 0 Å². The van der Waals surface area contributed by atoms with Crippen LogP contribution in [0.15, 0.2) is 71.6 Å². The van der Waals surface area contributed by atoms with Crippen LogP contribution in [0.3, 0.4) is 0 Å². The zero-order valence-electron chi connectivity index (χ0n) is 19.5. The number of benzene rings is 3. The van der Waals surface area contributed by atoms with Gasteiger partial charge in [-0.1, -0.05) is 35.9 Å². The second-order valence-electron chi connectivity index (χ2n) is 8.19. The zero-order valence-corrected chi connectivity index (χ0v) is 21.1. The van der Waals surface area contributed by atoms with Crippen molar-refractivity contribution in [3.8, 4) is 11.5 Å². The van der Waals surface area contributed by atoms with Crippen molar-refractivity contribution in [2.75, 3.05) is 20.8 Å². The number of methoxy groups -OCH3 is 2. The molecule has 1 aliphatic rings. The summed E-state index contributed by atoms with van der Waals surface area (Å²) in [5.74, 6) is 1.01. The number of hydrogen-bond acceptors (Lipinski definition) is 5. The van der Waals surface area contributed by atoms with Crippen LogP contribution in [0.4, 0.5) is 0 Å². The molecule has 3 aromatic rings. The van der Waals surface area contributed by atoms with Crippen LogP contribution in [0.2, 0.25) is 5.02 Å². The SMILES string of the molecule is COc1ccc(OC)c(CNC(=O)CC2c3ccccc3CCN2S(=O)(=O)c2ccc(Cl)cc2)c1. The number of nitrogens with one attached hydrogen (secondary N) is 1. The van der Waals surface area contributed by atoms with Crippen molar-refractivity contribution in [1.29, 1.82) is 0 Å². The molecule has 1 atom stereocenters. The summed E-state index contributed by atoms with van der Waals surface area (Å²) in [5, 5.41) is 3.36. The number of ether oxygens (including phenoxy) is 2. The highest BCUT2D eigenvalue weighted by atomic mass is 35.5. The molecule has 184 valence electrons. The molecule has 4 rings (SSSR count). The number of halogens is 1. The molecule has 1 heterocycles. The van der Waals surface area contributed by atoms with Crippen molar-refractivity contribution >= 4 is 27.5 Å². The highest BCUT2D eigenvalue weighted by Gasteiger charge is 2.37. The molecule has 0 saturated heterocycles. The van der Waals surface area contributed by atoms with Crippen LogP contribution in [0, 0.1) is 0 Å². The summed E-state index contributed by atoms with van der Waals surface area (Å²) >= 11 is 5.96. The molecule has 1 unspecified atom stereocenters. The zero-order chi connectivity index (χ0) is 25.0. The molecule has 1 aliphatic heterocycles. The number of fused-ring (bicyclic) bond motifs is 1. The number of amides is 1. The van der Waals surface area contributed by atoms with Gasteiger partial charge in [0, 0.05) is 30.1 Å². The van der Waals surface area contributed by atoms with Gasteiger partial charge in [0.15, 0.2) is 0 Å². The minimum absolute atomic E-state index is 0.0177. The normalized spacial score (nSPS) is 15.8. The van der Waals surface area contributed by atoms with Crippen molar-refractivity contribution in [2.24, 2.45) is 0 Å². The lowest BCUT2D eigenvalue weighted by molar-refractivity contribution is -0.122. The first-order valence-corrected chi connectivity index (χ1v) is 13.0. The van der Waals surface area contributed by atoms with Crippen molar-refractivity contribution in [1.82, 2.24) is 9.62 Å². The molecule has 0 radical (unpaired) electrons. The van der Waals surface area contributed by atoms with E-state index in [0.29, 0.717) is 22.9 Å². The lowest BCUT2D eigenvalue weighted by atomic mass is 9.92. The Labute approximate surface area is 210 Å². The first-order chi connectivity index (χ1) is 16.8. The molecule has 0 aliphatic carbocycles. The Balaban J connectivity index is 1.58. The third-order valence-corrected chi connectivity index (χ3v) is 8.30. The van der Waals surface area contributed by atoms with Gasteiger partial charge in [0.05, 0.1) is 25.2 Å². The largest absolute Gasteiger partial charge is 0.497 e. The average Bonchev–Trinajstić information content (AvgIpc) is 2.87. The van der Waals surface area contributed by atoms with E-state index in [1.165, 1.54) is 16.4 Å². The molecule has 1 amide bonds. The first kappa shape index (κ1) is 25.0. The number of nitrogens with zero attached hydrogens (tertiary/aromatic N) is 1. The van der Waals surface area contributed by atoms with Gasteiger partial charge in [-0.05, 0) is 60.0 Å². The second-order valence-corrected chi connectivity index (χ2v) is 10.5. The van der Waals surface area contributed by atoms with Gasteiger partial charge in [0.1, 0.15) is 11.5 Å². The third kappa shape index (κ3) is 5.45. The van der Waals surface area contributed by atoms with Gasteiger partial charge < -0.3 is 14.8 Å². The third-order valence-electron chi connectivity index (χ3n) is 6.13. The van der Waals surface area contributed by atoms with E-state index in [1.54, 1.807) is 44.6 Å². The van der Waals surface area contributed by atoms with Crippen molar-refractivity contribution in [3.05, 3.63) is 88.4 Å². The monoisotopic (exact) mass is 514 g/mol. The van der Waals surface area contributed by atoms with Crippen molar-refractivity contribution in [3.63, 3.8) is 0 Å². The molecule has 35 heavy (non-hydrogen) atoms. The van der Waals surface area contributed by atoms with E-state index in [4.69, 9.17) is 21.1 Å². The van der Waals surface area contributed by atoms with E-state index in [1.807, 2.05) is 24.3 Å². The van der Waals surface area contributed by atoms with Gasteiger partial charge in [0.2, 0.25) is 15.9 Å². The summed E-state index contributed by atoms with van der Waals surface area (Å²) < 4.78 is 39.2. The van der Waals surface area contributed by atoms with Crippen molar-refractivity contribution < 1.29 is 22.7 Å². The Kier molecular flexibility index (Phi) is 7.64. The summed E-state index contributed by atoms with van der Waals surface area (Å²) in [5.41, 5.74) is 2.64. The molecule has 1 N–H and O–H groups in total. The molecule has 0 spiro atoms. The minimum Gasteiger partial charge on any atom is -0.497 e. The van der Waals surface area contributed by atoms with E-state index in [0.717, 1.165) is 16.7 Å². The summed E-state index contributed by atoms with van der Waals surface area (Å²) in [4.78, 5) is 13.2. The van der Waals surface area contributed by atoms with E-state index in [2.05, 4.69) is 5.32 Å². The van der Waals surface area contributed by atoms with Gasteiger partial charge in [-0.15, -0.1) is 0 Å². The van der Waals surface area contributed by atoms with Crippen LogP contribution < -0.4 is 14.8 Å². The Morgan fingerprint density at radius 1 is 1.06 bits per heavy atom. The standard InChI is InChI=1S/C26H27ClN2O5S/c1-33-21-9-12-25(34-2)19(15-21)17-28-26(30)16-24-23-6-4-3-5-18(23)13-14-29(24)35(31,32)22-10-7-20(27)8-11-22/h3-12,15,24H,13-14,16-17H2,1-2H3,(H,28,30). The molecule has 3 aromatic carbocycles. The maximum Gasteiger partial charge on any atom is 0.243 e. The lowest BCUT2D eigenvalue weighted by Crippen LogP contribution is -2.42. The second kappa shape index (κ2) is 10.7. The fourth-order valence-corrected chi connectivity index (χ4v) is 6.06. The number of carbonyl (C=O) groups is 1. The van der Waals surface area contributed by atoms with Crippen LogP contribution >= 0.6 is 11.6 Å². The predicted molar refractivity (Wildman–Crippen MR) is 134 cm³/mol. The fraction of sp³-hybridized carbons (Fsp3) is 0.269. The minimum atomic E-state index is -3.84. The lowest BCUT2D eigenvalue weighted by Gasteiger charge is -2.36. The summed E-state index contributed by atoms with van der Waals surface area (Å²) in [7, 11) is -0.714. The summed E-state index contributed by atoms with van der Waals surface area (Å²) in [6.07, 6.45) is 0.554. The molecule has 0 saturated carbocycles. The summed E-state index contributed by atoms with van der Waals surface area (Å²) in [6, 6.07) is 18.5. The highest BCUT2D eigenvalue weighted by Crippen LogP contribution is 2.36. The fourth-order valence-electron chi connectivity index (χ4n) is 4.33. The van der Waals surface area contributed by atoms with E-state index >= 15 is 0 Å². The quantitative estimate of drug-likeness (QED) is 0.483. The van der Waals surface area contributed by atoms with Gasteiger partial charge in [-0.3, -0.25) is 4.79 Å². The predicted octanol–water partition coefficient (Wildman–Crippen LogP) is 4.35. The molecule has 0 aromatic heterocycles. The van der Waals surface area contributed by atoms with Crippen LogP contribution in [0.25, 0.3) is 0 Å². The first-order valence-electron chi connectivity index (χ1n) is 11.2. The maximum atomic E-state index is 13.6. The molecule has 0 bridgehead atoms. The Morgan fingerprint density at radius 2 is 1.80 bits per heavy atom. The molecular formula is C26H27ClN2O5S. The van der Waals surface area contributed by atoms with Crippen LogP contribution in [0.5, 0.6) is 11.5 Å². The van der Waals surface area contributed by atoms with Crippen LogP contribution in [-0.4, -0.2) is 39.4 Å². The maximum absolute atomic E-state index is 13.6. The smallest absolute Gasteiger partial charge is 0.243 e. The molecule has 0 fully saturated rings. The highest BCUT2D eigenvalue weighted by molar-refractivity contribution is 7.89. The van der Waals surface area contributed by atoms with E-state index < -0.39 is 16.1 Å². The number of rotatable bonds is 8. The molecule has 7 nitrogen and oxygen atoms in total. The van der Waals surface area contributed by atoms with E-state index in [-0.39, 0.29) is 30.3 Å². The van der Waals surface area contributed by atoms with Crippen molar-refractivity contribution in [2.45, 2.75) is 30.3 Å². The van der Waals surface area contributed by atoms with Gasteiger partial charge in [-0.25, -0.2) is 8.42 Å². The summed E-state index contributed by atoms with van der Waals surface area (Å²) in [6.45, 7) is 0.501. The Hall–Kier alpha value is -3.07. The Morgan fingerprint density at radius 3 is 2.51 bits per heavy atom. The van der Waals surface area contributed by atoms with Gasteiger partial charge in [-0.2, -0.15) is 4.31 Å². The topological polar surface area (TPSA) is 84.9 Å². The Bertz CT molecular complexity index is 1310. The molecule has 9 heteroatoms. The average molecular weight is 515 g/mol. The number of carbonyl (C=O) groups excluding carboxylic acids is 1. The molecular weight excluding hydrogens is 488 g/mol. The number of hydrogen-bond donors (Lipinski definition) is 1. The number of sulfonamides is 1. The van der Waals surface area contributed by atoms with Crippen LogP contribution in [-0.2, 0) is 27.8 Å². The van der Waals surface area contributed by atoms with Gasteiger partial charge in [0.25, 0.3) is 0 Å². The van der Waals surface area contributed by atoms with Crippen LogP contribution in [0.1, 0.15) is 29.2 Å².